The molecule has 0 aromatic heterocycles. The predicted octanol–water partition coefficient (Wildman–Crippen LogP) is 0.526. The zero-order valence-corrected chi connectivity index (χ0v) is 9.66. The highest BCUT2D eigenvalue weighted by atomic mass is 15.3. The van der Waals surface area contributed by atoms with Crippen LogP contribution in [0.15, 0.2) is 12.2 Å². The van der Waals surface area contributed by atoms with Crippen LogP contribution in [0.5, 0.6) is 0 Å². The summed E-state index contributed by atoms with van der Waals surface area (Å²) >= 11 is 0. The van der Waals surface area contributed by atoms with E-state index in [2.05, 4.69) is 37.3 Å². The van der Waals surface area contributed by atoms with Gasteiger partial charge < -0.3 is 5.73 Å². The van der Waals surface area contributed by atoms with E-state index in [0.29, 0.717) is 18.6 Å². The van der Waals surface area contributed by atoms with Crippen molar-refractivity contribution < 1.29 is 0 Å². The van der Waals surface area contributed by atoms with Gasteiger partial charge in [-0.3, -0.25) is 9.80 Å². The largest absolute Gasteiger partial charge is 0.327 e. The minimum Gasteiger partial charge on any atom is -0.327 e. The van der Waals surface area contributed by atoms with Crippen LogP contribution >= 0.6 is 0 Å². The number of piperazine rings is 1. The molecule has 1 saturated heterocycles. The zero-order chi connectivity index (χ0) is 10.7. The molecule has 0 saturated carbocycles. The highest BCUT2D eigenvalue weighted by Crippen LogP contribution is 2.13. The number of rotatable bonds is 3. The molecule has 2 unspecified atom stereocenters. The molecule has 1 aliphatic heterocycles. The average Bonchev–Trinajstić information content (AvgIpc) is 2.14. The van der Waals surface area contributed by atoms with Crippen LogP contribution in [0, 0.1) is 0 Å². The third kappa shape index (κ3) is 2.80. The van der Waals surface area contributed by atoms with Gasteiger partial charge in [-0.1, -0.05) is 6.58 Å². The first kappa shape index (κ1) is 11.7. The fourth-order valence-corrected chi connectivity index (χ4v) is 2.02. The Kier molecular flexibility index (Phi) is 4.11. The zero-order valence-electron chi connectivity index (χ0n) is 9.66. The standard InChI is InChI=1S/C11H23N3/c1-9(5-12)6-14-7-10(2)13(4)11(3)8-14/h10-11H,1,5-8,12H2,2-4H3. The summed E-state index contributed by atoms with van der Waals surface area (Å²) in [6, 6.07) is 1.26. The maximum absolute atomic E-state index is 5.55. The van der Waals surface area contributed by atoms with Crippen LogP contribution in [0.2, 0.25) is 0 Å². The first-order valence-electron chi connectivity index (χ1n) is 5.35. The molecule has 0 bridgehead atoms. The van der Waals surface area contributed by atoms with Gasteiger partial charge in [0.2, 0.25) is 0 Å². The molecule has 1 heterocycles. The van der Waals surface area contributed by atoms with Gasteiger partial charge in [0.1, 0.15) is 0 Å². The summed E-state index contributed by atoms with van der Waals surface area (Å²) in [4.78, 5) is 4.88. The first-order chi connectivity index (χ1) is 6.54. The van der Waals surface area contributed by atoms with Gasteiger partial charge in [0, 0.05) is 38.3 Å². The van der Waals surface area contributed by atoms with Gasteiger partial charge in [0.25, 0.3) is 0 Å². The fourth-order valence-electron chi connectivity index (χ4n) is 2.02. The average molecular weight is 197 g/mol. The quantitative estimate of drug-likeness (QED) is 0.670. The van der Waals surface area contributed by atoms with Crippen molar-refractivity contribution in [1.29, 1.82) is 0 Å². The van der Waals surface area contributed by atoms with Crippen molar-refractivity contribution >= 4 is 0 Å². The minimum atomic E-state index is 0.606. The van der Waals surface area contributed by atoms with Gasteiger partial charge >= 0.3 is 0 Å². The monoisotopic (exact) mass is 197 g/mol. The van der Waals surface area contributed by atoms with Crippen molar-refractivity contribution in [3.8, 4) is 0 Å². The normalized spacial score (nSPS) is 30.6. The van der Waals surface area contributed by atoms with Gasteiger partial charge in [0.05, 0.1) is 0 Å². The molecule has 1 fully saturated rings. The van der Waals surface area contributed by atoms with Crippen molar-refractivity contribution in [3.05, 3.63) is 12.2 Å². The van der Waals surface area contributed by atoms with E-state index in [1.54, 1.807) is 0 Å². The highest BCUT2D eigenvalue weighted by Gasteiger charge is 2.26. The van der Waals surface area contributed by atoms with Crippen molar-refractivity contribution in [2.75, 3.05) is 33.2 Å². The van der Waals surface area contributed by atoms with Crippen LogP contribution in [0.1, 0.15) is 13.8 Å². The van der Waals surface area contributed by atoms with Crippen molar-refractivity contribution in [2.45, 2.75) is 25.9 Å². The second kappa shape index (κ2) is 4.91. The second-order valence-electron chi connectivity index (χ2n) is 4.51. The Morgan fingerprint density at radius 1 is 1.36 bits per heavy atom. The first-order valence-corrected chi connectivity index (χ1v) is 5.35. The lowest BCUT2D eigenvalue weighted by atomic mass is 10.1. The highest BCUT2D eigenvalue weighted by molar-refractivity contribution is 5.00. The molecule has 14 heavy (non-hydrogen) atoms. The molecule has 1 rings (SSSR count). The summed E-state index contributed by atoms with van der Waals surface area (Å²) in [7, 11) is 2.20. The van der Waals surface area contributed by atoms with Gasteiger partial charge in [-0.25, -0.2) is 0 Å². The number of nitrogens with two attached hydrogens (primary N) is 1. The Morgan fingerprint density at radius 2 is 1.86 bits per heavy atom. The number of nitrogens with zero attached hydrogens (tertiary/aromatic N) is 2. The molecule has 0 amide bonds. The Balaban J connectivity index is 2.45. The molecular formula is C11H23N3. The lowest BCUT2D eigenvalue weighted by Crippen LogP contribution is -2.55. The fraction of sp³-hybridized carbons (Fsp3) is 0.818. The van der Waals surface area contributed by atoms with Crippen LogP contribution in [0.4, 0.5) is 0 Å². The lowest BCUT2D eigenvalue weighted by molar-refractivity contribution is 0.0657. The number of hydrogen-bond donors (Lipinski definition) is 1. The summed E-state index contributed by atoms with van der Waals surface area (Å²) in [5, 5.41) is 0. The Labute approximate surface area is 87.6 Å². The molecule has 0 radical (unpaired) electrons. The Morgan fingerprint density at radius 3 is 2.29 bits per heavy atom. The minimum absolute atomic E-state index is 0.606. The number of hydrogen-bond acceptors (Lipinski definition) is 3. The maximum Gasteiger partial charge on any atom is 0.0204 e. The van der Waals surface area contributed by atoms with Gasteiger partial charge in [-0.2, -0.15) is 0 Å². The third-order valence-electron chi connectivity index (χ3n) is 3.17. The molecular weight excluding hydrogens is 174 g/mol. The van der Waals surface area contributed by atoms with E-state index in [0.717, 1.165) is 25.2 Å². The summed E-state index contributed by atoms with van der Waals surface area (Å²) < 4.78 is 0. The summed E-state index contributed by atoms with van der Waals surface area (Å²) in [6.45, 7) is 12.3. The van der Waals surface area contributed by atoms with Crippen molar-refractivity contribution in [3.63, 3.8) is 0 Å². The van der Waals surface area contributed by atoms with E-state index in [-0.39, 0.29) is 0 Å². The molecule has 0 spiro atoms. The molecule has 2 N–H and O–H groups in total. The van der Waals surface area contributed by atoms with Gasteiger partial charge in [0.15, 0.2) is 0 Å². The molecule has 0 aromatic rings. The summed E-state index contributed by atoms with van der Waals surface area (Å²) in [5.41, 5.74) is 6.68. The SMILES string of the molecule is C=C(CN)CN1CC(C)N(C)C(C)C1. The Bertz CT molecular complexity index is 191. The van der Waals surface area contributed by atoms with Crippen molar-refractivity contribution in [2.24, 2.45) is 5.73 Å². The Hall–Kier alpha value is -0.380. The van der Waals surface area contributed by atoms with Crippen LogP contribution in [0.3, 0.4) is 0 Å². The molecule has 2 atom stereocenters. The van der Waals surface area contributed by atoms with E-state index in [4.69, 9.17) is 5.73 Å². The van der Waals surface area contributed by atoms with E-state index in [1.165, 1.54) is 0 Å². The molecule has 3 nitrogen and oxygen atoms in total. The van der Waals surface area contributed by atoms with Crippen LogP contribution in [-0.4, -0.2) is 55.1 Å². The smallest absolute Gasteiger partial charge is 0.0204 e. The molecule has 0 aromatic carbocycles. The van der Waals surface area contributed by atoms with Crippen LogP contribution < -0.4 is 5.73 Å². The molecule has 82 valence electrons. The molecule has 1 aliphatic rings. The molecule has 3 heteroatoms. The topological polar surface area (TPSA) is 32.5 Å². The second-order valence-corrected chi connectivity index (χ2v) is 4.51. The number of likely N-dealkylation sites (N-methyl/N-ethyl adjacent to an activating group) is 1. The predicted molar refractivity (Wildman–Crippen MR) is 61.3 cm³/mol. The van der Waals surface area contributed by atoms with E-state index < -0.39 is 0 Å². The van der Waals surface area contributed by atoms with Crippen LogP contribution in [0.25, 0.3) is 0 Å². The summed E-state index contributed by atoms with van der Waals surface area (Å²) in [5.74, 6) is 0. The summed E-state index contributed by atoms with van der Waals surface area (Å²) in [6.07, 6.45) is 0. The van der Waals surface area contributed by atoms with Gasteiger partial charge in [-0.05, 0) is 26.5 Å². The van der Waals surface area contributed by atoms with E-state index in [9.17, 15) is 0 Å². The van der Waals surface area contributed by atoms with E-state index in [1.807, 2.05) is 0 Å². The lowest BCUT2D eigenvalue weighted by Gasteiger charge is -2.42. The van der Waals surface area contributed by atoms with Gasteiger partial charge in [-0.15, -0.1) is 0 Å². The van der Waals surface area contributed by atoms with E-state index >= 15 is 0 Å². The molecule has 0 aliphatic carbocycles. The van der Waals surface area contributed by atoms with Crippen molar-refractivity contribution in [1.82, 2.24) is 9.80 Å². The van der Waals surface area contributed by atoms with Crippen LogP contribution in [-0.2, 0) is 0 Å². The third-order valence-corrected chi connectivity index (χ3v) is 3.17. The maximum atomic E-state index is 5.55.